The van der Waals surface area contributed by atoms with Crippen LogP contribution in [0.25, 0.3) is 0 Å². The van der Waals surface area contributed by atoms with Crippen molar-refractivity contribution in [1.29, 1.82) is 0 Å². The first-order valence-corrected chi connectivity index (χ1v) is 7.89. The third-order valence-corrected chi connectivity index (χ3v) is 4.07. The lowest BCUT2D eigenvalue weighted by Crippen LogP contribution is -2.41. The van der Waals surface area contributed by atoms with E-state index >= 15 is 0 Å². The number of phenols is 1. The van der Waals surface area contributed by atoms with Gasteiger partial charge in [-0.1, -0.05) is 19.6 Å². The maximum absolute atomic E-state index is 10.9. The van der Waals surface area contributed by atoms with Gasteiger partial charge >= 0.3 is 5.97 Å². The number of hydrogen-bond acceptors (Lipinski definition) is 2. The van der Waals surface area contributed by atoms with Gasteiger partial charge in [0.2, 0.25) is 0 Å². The van der Waals surface area contributed by atoms with Gasteiger partial charge in [0.25, 0.3) is 0 Å². The second-order valence-electron chi connectivity index (χ2n) is 4.29. The van der Waals surface area contributed by atoms with Gasteiger partial charge in [-0.05, 0) is 23.4 Å². The van der Waals surface area contributed by atoms with Gasteiger partial charge in [-0.25, -0.2) is 4.79 Å². The Balaban J connectivity index is 3.38. The summed E-state index contributed by atoms with van der Waals surface area (Å²) in [5.74, 6) is -0.796. The molecule has 0 saturated heterocycles. The van der Waals surface area contributed by atoms with Gasteiger partial charge in [0.05, 0.1) is 13.6 Å². The Kier molecular flexibility index (Phi) is 2.66. The van der Waals surface area contributed by atoms with Crippen LogP contribution in [0.5, 0.6) is 5.75 Å². The summed E-state index contributed by atoms with van der Waals surface area (Å²) < 4.78 is 0. The maximum atomic E-state index is 10.9. The van der Waals surface area contributed by atoms with Crippen LogP contribution in [-0.2, 0) is 0 Å². The molecule has 1 aromatic rings. The lowest BCUT2D eigenvalue weighted by molar-refractivity contribution is 0.0698. The number of rotatable bonds is 2. The summed E-state index contributed by atoms with van der Waals surface area (Å²) in [6.45, 7) is 6.15. The molecule has 0 unspecified atom stereocenters. The Morgan fingerprint density at radius 3 is 2.29 bits per heavy atom. The van der Waals surface area contributed by atoms with Crippen molar-refractivity contribution in [2.45, 2.75) is 19.6 Å². The molecule has 1 rings (SSSR count). The third-order valence-electron chi connectivity index (χ3n) is 2.04. The van der Waals surface area contributed by atoms with Crippen LogP contribution in [0, 0.1) is 0 Å². The second-order valence-corrected chi connectivity index (χ2v) is 9.32. The van der Waals surface area contributed by atoms with E-state index in [4.69, 9.17) is 5.11 Å². The summed E-state index contributed by atoms with van der Waals surface area (Å²) in [6.07, 6.45) is 0. The molecule has 0 aliphatic heterocycles. The Morgan fingerprint density at radius 2 is 1.86 bits per heavy atom. The van der Waals surface area contributed by atoms with E-state index in [1.165, 1.54) is 12.1 Å². The number of phenolic OH excluding ortho intramolecular Hbond substituents is 1. The fourth-order valence-corrected chi connectivity index (χ4v) is 2.92. The van der Waals surface area contributed by atoms with Crippen molar-refractivity contribution in [3.8, 4) is 5.75 Å². The van der Waals surface area contributed by atoms with Gasteiger partial charge in [-0.3, -0.25) is 0 Å². The van der Waals surface area contributed by atoms with Gasteiger partial charge < -0.3 is 10.2 Å². The SMILES string of the molecule is C[Si](C)(C)c1cc(O)ccc1C(=O)O. The first-order chi connectivity index (χ1) is 6.32. The number of benzene rings is 1. The Labute approximate surface area is 84.0 Å². The smallest absolute Gasteiger partial charge is 0.335 e. The number of hydrogen-bond donors (Lipinski definition) is 2. The fourth-order valence-electron chi connectivity index (χ4n) is 1.34. The minimum absolute atomic E-state index is 0.132. The molecule has 3 nitrogen and oxygen atoms in total. The normalized spacial score (nSPS) is 11.4. The zero-order chi connectivity index (χ0) is 10.9. The van der Waals surface area contributed by atoms with Crippen LogP contribution in [0.2, 0.25) is 19.6 Å². The quantitative estimate of drug-likeness (QED) is 0.729. The first-order valence-electron chi connectivity index (χ1n) is 4.39. The predicted molar refractivity (Wildman–Crippen MR) is 58.0 cm³/mol. The van der Waals surface area contributed by atoms with Crippen LogP contribution in [0.15, 0.2) is 18.2 Å². The molecule has 0 fully saturated rings. The van der Waals surface area contributed by atoms with E-state index in [-0.39, 0.29) is 5.75 Å². The summed E-state index contributed by atoms with van der Waals surface area (Å²) in [4.78, 5) is 10.9. The van der Waals surface area contributed by atoms with E-state index < -0.39 is 14.0 Å². The Hall–Kier alpha value is -1.29. The number of carboxylic acids is 1. The third kappa shape index (κ3) is 2.14. The number of carboxylic acid groups (broad SMARTS) is 1. The average molecular weight is 210 g/mol. The van der Waals surface area contributed by atoms with Crippen molar-refractivity contribution >= 4 is 19.2 Å². The fraction of sp³-hybridized carbons (Fsp3) is 0.300. The highest BCUT2D eigenvalue weighted by molar-refractivity contribution is 6.89. The topological polar surface area (TPSA) is 57.5 Å². The zero-order valence-electron chi connectivity index (χ0n) is 8.53. The average Bonchev–Trinajstić information content (AvgIpc) is 2.01. The van der Waals surface area contributed by atoms with Gasteiger partial charge in [-0.2, -0.15) is 0 Å². The molecular weight excluding hydrogens is 196 g/mol. The van der Waals surface area contributed by atoms with Crippen LogP contribution in [0.3, 0.4) is 0 Å². The molecule has 0 amide bonds. The number of aromatic carboxylic acids is 1. The van der Waals surface area contributed by atoms with Crippen LogP contribution in [-0.4, -0.2) is 24.3 Å². The summed E-state index contributed by atoms with van der Waals surface area (Å²) in [6, 6.07) is 4.44. The van der Waals surface area contributed by atoms with Crippen molar-refractivity contribution in [2.75, 3.05) is 0 Å². The molecule has 0 radical (unpaired) electrons. The van der Waals surface area contributed by atoms with Crippen molar-refractivity contribution in [1.82, 2.24) is 0 Å². The molecule has 4 heteroatoms. The monoisotopic (exact) mass is 210 g/mol. The predicted octanol–water partition coefficient (Wildman–Crippen LogP) is 1.64. The van der Waals surface area contributed by atoms with Crippen molar-refractivity contribution in [2.24, 2.45) is 0 Å². The molecule has 1 aromatic carbocycles. The molecule has 0 atom stereocenters. The highest BCUT2D eigenvalue weighted by Crippen LogP contribution is 2.13. The summed E-state index contributed by atoms with van der Waals surface area (Å²) in [5.41, 5.74) is 0.307. The molecule has 0 aliphatic carbocycles. The Bertz CT molecular complexity index is 366. The molecule has 0 spiro atoms. The van der Waals surface area contributed by atoms with E-state index in [0.717, 1.165) is 5.19 Å². The van der Waals surface area contributed by atoms with E-state index in [1.54, 1.807) is 6.07 Å². The number of aromatic hydroxyl groups is 1. The largest absolute Gasteiger partial charge is 0.508 e. The summed E-state index contributed by atoms with van der Waals surface area (Å²) in [5, 5.41) is 19.1. The molecule has 76 valence electrons. The molecule has 0 aliphatic rings. The molecule has 0 aromatic heterocycles. The van der Waals surface area contributed by atoms with Gasteiger partial charge in [0.1, 0.15) is 5.75 Å². The van der Waals surface area contributed by atoms with Crippen LogP contribution in [0.1, 0.15) is 10.4 Å². The molecule has 14 heavy (non-hydrogen) atoms. The van der Waals surface area contributed by atoms with Crippen molar-refractivity contribution in [3.05, 3.63) is 23.8 Å². The molecule has 0 saturated carbocycles. The molecule has 2 N–H and O–H groups in total. The van der Waals surface area contributed by atoms with Crippen LogP contribution >= 0.6 is 0 Å². The van der Waals surface area contributed by atoms with E-state index in [0.29, 0.717) is 5.56 Å². The van der Waals surface area contributed by atoms with E-state index in [1.807, 2.05) is 19.6 Å². The molecule has 0 heterocycles. The van der Waals surface area contributed by atoms with Crippen molar-refractivity contribution < 1.29 is 15.0 Å². The lowest BCUT2D eigenvalue weighted by atomic mass is 10.2. The zero-order valence-corrected chi connectivity index (χ0v) is 9.53. The van der Waals surface area contributed by atoms with Gasteiger partial charge in [-0.15, -0.1) is 0 Å². The molecular formula is C10H14O3Si. The first kappa shape index (κ1) is 10.8. The van der Waals surface area contributed by atoms with Crippen LogP contribution in [0.4, 0.5) is 0 Å². The van der Waals surface area contributed by atoms with Crippen molar-refractivity contribution in [3.63, 3.8) is 0 Å². The van der Waals surface area contributed by atoms with Gasteiger partial charge in [0.15, 0.2) is 0 Å². The maximum Gasteiger partial charge on any atom is 0.335 e. The van der Waals surface area contributed by atoms with E-state index in [9.17, 15) is 9.90 Å². The minimum Gasteiger partial charge on any atom is -0.508 e. The second kappa shape index (κ2) is 3.46. The summed E-state index contributed by atoms with van der Waals surface area (Å²) >= 11 is 0. The highest BCUT2D eigenvalue weighted by Gasteiger charge is 2.23. The lowest BCUT2D eigenvalue weighted by Gasteiger charge is -2.19. The van der Waals surface area contributed by atoms with E-state index in [2.05, 4.69) is 0 Å². The standard InChI is InChI=1S/C10H14O3Si/c1-14(2,3)9-6-7(11)4-5-8(9)10(12)13/h4-6,11H,1-3H3,(H,12,13). The minimum atomic E-state index is -1.71. The van der Waals surface area contributed by atoms with Crippen LogP contribution < -0.4 is 5.19 Å². The number of carbonyl (C=O) groups is 1. The molecule has 0 bridgehead atoms. The summed E-state index contributed by atoms with van der Waals surface area (Å²) in [7, 11) is -1.71. The highest BCUT2D eigenvalue weighted by atomic mass is 28.3. The van der Waals surface area contributed by atoms with Gasteiger partial charge in [0, 0.05) is 0 Å². The Morgan fingerprint density at radius 1 is 1.29 bits per heavy atom.